The average molecular weight is 277 g/mol. The second-order valence-electron chi connectivity index (χ2n) is 7.18. The summed E-state index contributed by atoms with van der Waals surface area (Å²) >= 11 is 0. The number of aryl methyl sites for hydroxylation is 1. The van der Waals surface area contributed by atoms with Crippen molar-refractivity contribution in [2.75, 3.05) is 13.1 Å². The molecule has 2 rings (SSSR count). The summed E-state index contributed by atoms with van der Waals surface area (Å²) < 4.78 is 1.92. The molecule has 1 saturated carbocycles. The van der Waals surface area contributed by atoms with Crippen molar-refractivity contribution in [3.05, 3.63) is 18.0 Å². The molecule has 0 spiro atoms. The Morgan fingerprint density at radius 2 is 2.15 bits per heavy atom. The van der Waals surface area contributed by atoms with Crippen molar-refractivity contribution in [3.8, 4) is 0 Å². The van der Waals surface area contributed by atoms with Gasteiger partial charge in [-0.1, -0.05) is 27.2 Å². The topological polar surface area (TPSA) is 29.9 Å². The Morgan fingerprint density at radius 1 is 1.35 bits per heavy atom. The zero-order chi connectivity index (χ0) is 14.5. The van der Waals surface area contributed by atoms with Gasteiger partial charge in [0, 0.05) is 13.2 Å². The highest BCUT2D eigenvalue weighted by atomic mass is 15.2. The van der Waals surface area contributed by atoms with Crippen molar-refractivity contribution in [2.45, 2.75) is 46.5 Å². The van der Waals surface area contributed by atoms with E-state index in [1.165, 1.54) is 31.5 Å². The molecule has 0 aromatic carbocycles. The molecule has 1 aromatic rings. The standard InChI is InChI=1S/C17H31N3/c1-13(2)11-18-12-15-6-5-14(3)9-16(15)10-17-7-8-20(4)19-17/h7-8,13-16,18H,5-6,9-12H2,1-4H3. The van der Waals surface area contributed by atoms with Crippen LogP contribution in [0.1, 0.15) is 45.7 Å². The lowest BCUT2D eigenvalue weighted by atomic mass is 9.72. The Hall–Kier alpha value is -0.830. The van der Waals surface area contributed by atoms with Gasteiger partial charge >= 0.3 is 0 Å². The first kappa shape index (κ1) is 15.6. The lowest BCUT2D eigenvalue weighted by molar-refractivity contribution is 0.181. The minimum atomic E-state index is 0.742. The highest BCUT2D eigenvalue weighted by Crippen LogP contribution is 2.35. The van der Waals surface area contributed by atoms with Gasteiger partial charge in [-0.3, -0.25) is 4.68 Å². The molecular weight excluding hydrogens is 246 g/mol. The van der Waals surface area contributed by atoms with E-state index >= 15 is 0 Å². The molecule has 1 heterocycles. The van der Waals surface area contributed by atoms with Gasteiger partial charge in [-0.05, 0) is 62.1 Å². The molecule has 20 heavy (non-hydrogen) atoms. The summed E-state index contributed by atoms with van der Waals surface area (Å²) in [6.07, 6.45) is 7.36. The van der Waals surface area contributed by atoms with Crippen molar-refractivity contribution in [1.29, 1.82) is 0 Å². The van der Waals surface area contributed by atoms with Crippen LogP contribution in [0, 0.1) is 23.7 Å². The van der Waals surface area contributed by atoms with Crippen molar-refractivity contribution >= 4 is 0 Å². The van der Waals surface area contributed by atoms with Gasteiger partial charge in [-0.2, -0.15) is 5.10 Å². The van der Waals surface area contributed by atoms with Crippen LogP contribution in [0.4, 0.5) is 0 Å². The fraction of sp³-hybridized carbons (Fsp3) is 0.824. The van der Waals surface area contributed by atoms with E-state index in [-0.39, 0.29) is 0 Å². The number of hydrogen-bond donors (Lipinski definition) is 1. The molecule has 0 aliphatic heterocycles. The van der Waals surface area contributed by atoms with E-state index in [0.29, 0.717) is 0 Å². The van der Waals surface area contributed by atoms with E-state index in [1.54, 1.807) is 0 Å². The number of nitrogens with one attached hydrogen (secondary N) is 1. The maximum absolute atomic E-state index is 4.57. The summed E-state index contributed by atoms with van der Waals surface area (Å²) in [7, 11) is 2.01. The Labute approximate surface area is 124 Å². The van der Waals surface area contributed by atoms with E-state index in [9.17, 15) is 0 Å². The summed E-state index contributed by atoms with van der Waals surface area (Å²) in [5, 5.41) is 8.23. The number of aromatic nitrogens is 2. The molecule has 0 radical (unpaired) electrons. The van der Waals surface area contributed by atoms with Gasteiger partial charge in [0.2, 0.25) is 0 Å². The molecule has 1 aliphatic rings. The third kappa shape index (κ3) is 4.62. The smallest absolute Gasteiger partial charge is 0.0627 e. The maximum Gasteiger partial charge on any atom is 0.0627 e. The van der Waals surface area contributed by atoms with Crippen LogP contribution in [-0.4, -0.2) is 22.9 Å². The van der Waals surface area contributed by atoms with Crippen LogP contribution in [-0.2, 0) is 13.5 Å². The summed E-state index contributed by atoms with van der Waals surface area (Å²) in [5.41, 5.74) is 1.26. The van der Waals surface area contributed by atoms with Gasteiger partial charge in [0.1, 0.15) is 0 Å². The van der Waals surface area contributed by atoms with E-state index < -0.39 is 0 Å². The maximum atomic E-state index is 4.57. The number of hydrogen-bond acceptors (Lipinski definition) is 2. The molecule has 114 valence electrons. The first-order chi connectivity index (χ1) is 9.54. The Kier molecular flexibility index (Phi) is 5.64. The lowest BCUT2D eigenvalue weighted by Crippen LogP contribution is -2.35. The van der Waals surface area contributed by atoms with Crippen LogP contribution in [0.2, 0.25) is 0 Å². The minimum absolute atomic E-state index is 0.742. The molecule has 0 bridgehead atoms. The molecule has 3 heteroatoms. The Morgan fingerprint density at radius 3 is 2.80 bits per heavy atom. The normalized spacial score (nSPS) is 27.1. The molecule has 0 saturated heterocycles. The van der Waals surface area contributed by atoms with Crippen molar-refractivity contribution < 1.29 is 0 Å². The van der Waals surface area contributed by atoms with Gasteiger partial charge in [0.15, 0.2) is 0 Å². The van der Waals surface area contributed by atoms with Crippen molar-refractivity contribution in [1.82, 2.24) is 15.1 Å². The van der Waals surface area contributed by atoms with Crippen LogP contribution in [0.15, 0.2) is 12.3 Å². The SMILES string of the molecule is CC(C)CNCC1CCC(C)CC1Cc1ccn(C)n1. The molecular formula is C17H31N3. The van der Waals surface area contributed by atoms with E-state index in [4.69, 9.17) is 0 Å². The molecule has 1 fully saturated rings. The molecule has 3 unspecified atom stereocenters. The van der Waals surface area contributed by atoms with Crippen LogP contribution < -0.4 is 5.32 Å². The molecule has 1 N–H and O–H groups in total. The second-order valence-corrected chi connectivity index (χ2v) is 7.18. The van der Waals surface area contributed by atoms with E-state index in [0.717, 1.165) is 36.6 Å². The largest absolute Gasteiger partial charge is 0.316 e. The predicted octanol–water partition coefficient (Wildman–Crippen LogP) is 3.26. The van der Waals surface area contributed by atoms with Gasteiger partial charge in [0.05, 0.1) is 5.69 Å². The fourth-order valence-corrected chi connectivity index (χ4v) is 3.48. The molecule has 1 aliphatic carbocycles. The third-order valence-electron chi connectivity index (χ3n) is 4.60. The monoisotopic (exact) mass is 277 g/mol. The average Bonchev–Trinajstić information content (AvgIpc) is 2.77. The molecule has 0 amide bonds. The van der Waals surface area contributed by atoms with Crippen LogP contribution >= 0.6 is 0 Å². The van der Waals surface area contributed by atoms with Gasteiger partial charge in [-0.15, -0.1) is 0 Å². The molecule has 1 aromatic heterocycles. The summed E-state index contributed by atoms with van der Waals surface area (Å²) in [4.78, 5) is 0. The first-order valence-corrected chi connectivity index (χ1v) is 8.23. The van der Waals surface area contributed by atoms with Crippen molar-refractivity contribution in [3.63, 3.8) is 0 Å². The van der Waals surface area contributed by atoms with Crippen molar-refractivity contribution in [2.24, 2.45) is 30.7 Å². The number of nitrogens with zero attached hydrogens (tertiary/aromatic N) is 2. The van der Waals surface area contributed by atoms with Crippen LogP contribution in [0.3, 0.4) is 0 Å². The zero-order valence-corrected chi connectivity index (χ0v) is 13.6. The van der Waals surface area contributed by atoms with Gasteiger partial charge in [-0.25, -0.2) is 0 Å². The van der Waals surface area contributed by atoms with E-state index in [1.807, 2.05) is 11.7 Å². The van der Waals surface area contributed by atoms with Crippen LogP contribution in [0.25, 0.3) is 0 Å². The molecule has 3 atom stereocenters. The summed E-state index contributed by atoms with van der Waals surface area (Å²) in [6, 6.07) is 2.18. The number of rotatable bonds is 6. The van der Waals surface area contributed by atoms with E-state index in [2.05, 4.69) is 43.4 Å². The highest BCUT2D eigenvalue weighted by Gasteiger charge is 2.28. The van der Waals surface area contributed by atoms with Crippen LogP contribution in [0.5, 0.6) is 0 Å². The zero-order valence-electron chi connectivity index (χ0n) is 13.6. The quantitative estimate of drug-likeness (QED) is 0.865. The molecule has 3 nitrogen and oxygen atoms in total. The predicted molar refractivity (Wildman–Crippen MR) is 84.6 cm³/mol. The highest BCUT2D eigenvalue weighted by molar-refractivity contribution is 5.01. The summed E-state index contributed by atoms with van der Waals surface area (Å²) in [6.45, 7) is 9.29. The third-order valence-corrected chi connectivity index (χ3v) is 4.60. The lowest BCUT2D eigenvalue weighted by Gasteiger charge is -2.35. The Balaban J connectivity index is 1.90. The first-order valence-electron chi connectivity index (χ1n) is 8.23. The second kappa shape index (κ2) is 7.26. The summed E-state index contributed by atoms with van der Waals surface area (Å²) in [5.74, 6) is 3.25. The minimum Gasteiger partial charge on any atom is -0.316 e. The van der Waals surface area contributed by atoms with Gasteiger partial charge < -0.3 is 5.32 Å². The fourth-order valence-electron chi connectivity index (χ4n) is 3.48. The van der Waals surface area contributed by atoms with Gasteiger partial charge in [0.25, 0.3) is 0 Å². The Bertz CT molecular complexity index is 397.